The van der Waals surface area contributed by atoms with Gasteiger partial charge in [-0.05, 0) is 33.0 Å². The highest BCUT2D eigenvalue weighted by Gasteiger charge is 2.28. The Balaban J connectivity index is 2.23. The average molecular weight is 335 g/mol. The fraction of sp³-hybridized carbons (Fsp3) is 0.312. The van der Waals surface area contributed by atoms with Crippen molar-refractivity contribution in [3.8, 4) is 0 Å². The molecule has 2 rings (SSSR count). The maximum atomic E-state index is 12.3. The van der Waals surface area contributed by atoms with Crippen molar-refractivity contribution in [2.24, 2.45) is 5.41 Å². The maximum Gasteiger partial charge on any atom is 0.268 e. The largest absolute Gasteiger partial charge is 0.356 e. The summed E-state index contributed by atoms with van der Waals surface area (Å²) in [5.74, 6) is -0.0977. The number of benzene rings is 1. The van der Waals surface area contributed by atoms with E-state index in [0.717, 1.165) is 10.0 Å². The van der Waals surface area contributed by atoms with Crippen LogP contribution >= 0.6 is 15.9 Å². The average Bonchev–Trinajstić information content (AvgIpc) is 2.82. The molecule has 0 spiro atoms. The minimum Gasteiger partial charge on any atom is -0.356 e. The highest BCUT2D eigenvalue weighted by atomic mass is 79.9. The lowest BCUT2D eigenvalue weighted by molar-refractivity contribution is 0.0897. The van der Waals surface area contributed by atoms with Crippen LogP contribution in [-0.2, 0) is 0 Å². The maximum absolute atomic E-state index is 12.3. The van der Waals surface area contributed by atoms with Gasteiger partial charge in [0.1, 0.15) is 5.69 Å². The molecule has 3 nitrogen and oxygen atoms in total. The van der Waals surface area contributed by atoms with E-state index < -0.39 is 0 Å². The van der Waals surface area contributed by atoms with Crippen LogP contribution in [0.5, 0.6) is 0 Å². The lowest BCUT2D eigenvalue weighted by Crippen LogP contribution is -2.36. The molecule has 1 heterocycles. The summed E-state index contributed by atoms with van der Waals surface area (Å²) >= 11 is 3.34. The summed E-state index contributed by atoms with van der Waals surface area (Å²) in [7, 11) is 0. The minimum atomic E-state index is -0.0977. The highest BCUT2D eigenvalue weighted by molar-refractivity contribution is 9.10. The standard InChI is InChI=1S/C16H19BrN2O/c1-16(2,3)14(11-7-5-4-6-8-11)19-15(20)13-9-12(17)10-18-13/h4-10,14,18H,1-3H3,(H,19,20). The van der Waals surface area contributed by atoms with Gasteiger partial charge in [-0.25, -0.2) is 0 Å². The van der Waals surface area contributed by atoms with Crippen molar-refractivity contribution >= 4 is 21.8 Å². The van der Waals surface area contributed by atoms with Gasteiger partial charge in [0.25, 0.3) is 5.91 Å². The second-order valence-corrected chi connectivity index (χ2v) is 6.83. The van der Waals surface area contributed by atoms with Gasteiger partial charge < -0.3 is 10.3 Å². The zero-order chi connectivity index (χ0) is 14.8. The number of aromatic amines is 1. The van der Waals surface area contributed by atoms with E-state index in [1.807, 2.05) is 30.3 Å². The lowest BCUT2D eigenvalue weighted by atomic mass is 9.82. The van der Waals surface area contributed by atoms with Crippen molar-refractivity contribution in [1.29, 1.82) is 0 Å². The van der Waals surface area contributed by atoms with E-state index in [1.165, 1.54) is 0 Å². The Bertz CT molecular complexity index is 584. The normalized spacial score (nSPS) is 13.0. The molecule has 0 aliphatic heterocycles. The molecule has 2 N–H and O–H groups in total. The molecule has 1 aromatic carbocycles. The molecular formula is C16H19BrN2O. The number of nitrogens with one attached hydrogen (secondary N) is 2. The molecule has 1 aromatic heterocycles. The fourth-order valence-electron chi connectivity index (χ4n) is 2.15. The Morgan fingerprint density at radius 1 is 1.25 bits per heavy atom. The smallest absolute Gasteiger partial charge is 0.268 e. The minimum absolute atomic E-state index is 0.0433. The van der Waals surface area contributed by atoms with E-state index in [2.05, 4.69) is 47.0 Å². The van der Waals surface area contributed by atoms with Gasteiger partial charge in [0.2, 0.25) is 0 Å². The van der Waals surface area contributed by atoms with Crippen LogP contribution in [-0.4, -0.2) is 10.9 Å². The number of rotatable bonds is 3. The molecule has 0 fully saturated rings. The molecule has 1 atom stereocenters. The molecule has 0 bridgehead atoms. The van der Waals surface area contributed by atoms with Gasteiger partial charge in [0, 0.05) is 10.7 Å². The third-order valence-corrected chi connectivity index (χ3v) is 3.62. The number of hydrogen-bond donors (Lipinski definition) is 2. The summed E-state index contributed by atoms with van der Waals surface area (Å²) in [4.78, 5) is 15.3. The summed E-state index contributed by atoms with van der Waals surface area (Å²) < 4.78 is 0.870. The Labute approximate surface area is 127 Å². The molecule has 2 aromatic rings. The van der Waals surface area contributed by atoms with Crippen LogP contribution in [0.3, 0.4) is 0 Å². The molecule has 0 saturated heterocycles. The van der Waals surface area contributed by atoms with Gasteiger partial charge in [0.15, 0.2) is 0 Å². The number of H-pyrrole nitrogens is 1. The predicted molar refractivity (Wildman–Crippen MR) is 84.6 cm³/mol. The van der Waals surface area contributed by atoms with Crippen molar-refractivity contribution in [3.63, 3.8) is 0 Å². The molecule has 0 aliphatic rings. The van der Waals surface area contributed by atoms with Crippen LogP contribution in [0.4, 0.5) is 0 Å². The Morgan fingerprint density at radius 2 is 1.90 bits per heavy atom. The van der Waals surface area contributed by atoms with E-state index >= 15 is 0 Å². The van der Waals surface area contributed by atoms with E-state index in [9.17, 15) is 4.79 Å². The molecule has 0 saturated carbocycles. The second-order valence-electron chi connectivity index (χ2n) is 5.91. The molecule has 1 unspecified atom stereocenters. The number of amides is 1. The number of halogens is 1. The monoisotopic (exact) mass is 334 g/mol. The van der Waals surface area contributed by atoms with Crippen molar-refractivity contribution in [2.75, 3.05) is 0 Å². The van der Waals surface area contributed by atoms with Crippen LogP contribution in [0.1, 0.15) is 42.9 Å². The highest BCUT2D eigenvalue weighted by Crippen LogP contribution is 2.32. The summed E-state index contributed by atoms with van der Waals surface area (Å²) in [6.07, 6.45) is 1.75. The molecular weight excluding hydrogens is 316 g/mol. The SMILES string of the molecule is CC(C)(C)C(NC(=O)c1cc(Br)c[nH]1)c1ccccc1. The fourth-order valence-corrected chi connectivity index (χ4v) is 2.50. The number of aromatic nitrogens is 1. The van der Waals surface area contributed by atoms with Crippen LogP contribution in [0, 0.1) is 5.41 Å². The third-order valence-electron chi connectivity index (χ3n) is 3.17. The Morgan fingerprint density at radius 3 is 2.40 bits per heavy atom. The Kier molecular flexibility index (Phi) is 4.33. The van der Waals surface area contributed by atoms with Gasteiger partial charge in [-0.15, -0.1) is 0 Å². The quantitative estimate of drug-likeness (QED) is 0.863. The van der Waals surface area contributed by atoms with Crippen LogP contribution < -0.4 is 5.32 Å². The number of carbonyl (C=O) groups excluding carboxylic acids is 1. The Hall–Kier alpha value is -1.55. The van der Waals surface area contributed by atoms with Gasteiger partial charge in [0.05, 0.1) is 6.04 Å². The van der Waals surface area contributed by atoms with Gasteiger partial charge in [-0.2, -0.15) is 0 Å². The van der Waals surface area contributed by atoms with Crippen LogP contribution in [0.15, 0.2) is 47.1 Å². The lowest BCUT2D eigenvalue weighted by Gasteiger charge is -2.31. The number of carbonyl (C=O) groups is 1. The zero-order valence-corrected chi connectivity index (χ0v) is 13.5. The summed E-state index contributed by atoms with van der Waals surface area (Å²) in [5, 5.41) is 3.11. The first kappa shape index (κ1) is 14.9. The zero-order valence-electron chi connectivity index (χ0n) is 11.9. The molecule has 4 heteroatoms. The van der Waals surface area contributed by atoms with Crippen molar-refractivity contribution in [1.82, 2.24) is 10.3 Å². The molecule has 20 heavy (non-hydrogen) atoms. The first-order chi connectivity index (χ1) is 9.38. The summed E-state index contributed by atoms with van der Waals surface area (Å²) in [6.45, 7) is 6.36. The topological polar surface area (TPSA) is 44.9 Å². The second kappa shape index (κ2) is 5.83. The van der Waals surface area contributed by atoms with Gasteiger partial charge in [-0.1, -0.05) is 51.1 Å². The summed E-state index contributed by atoms with van der Waals surface area (Å²) in [5.41, 5.74) is 1.60. The first-order valence-corrected chi connectivity index (χ1v) is 7.37. The van der Waals surface area contributed by atoms with E-state index in [0.29, 0.717) is 5.69 Å². The van der Waals surface area contributed by atoms with Crippen LogP contribution in [0.25, 0.3) is 0 Å². The first-order valence-electron chi connectivity index (χ1n) is 6.57. The van der Waals surface area contributed by atoms with E-state index in [-0.39, 0.29) is 17.4 Å². The van der Waals surface area contributed by atoms with Crippen molar-refractivity contribution in [3.05, 3.63) is 58.3 Å². The molecule has 1 amide bonds. The number of hydrogen-bond acceptors (Lipinski definition) is 1. The van der Waals surface area contributed by atoms with Gasteiger partial charge in [-0.3, -0.25) is 4.79 Å². The molecule has 0 aliphatic carbocycles. The van der Waals surface area contributed by atoms with E-state index in [1.54, 1.807) is 12.3 Å². The van der Waals surface area contributed by atoms with E-state index in [4.69, 9.17) is 0 Å². The molecule has 106 valence electrons. The van der Waals surface area contributed by atoms with Crippen molar-refractivity contribution in [2.45, 2.75) is 26.8 Å². The summed E-state index contributed by atoms with van der Waals surface area (Å²) in [6, 6.07) is 11.8. The van der Waals surface area contributed by atoms with Crippen LogP contribution in [0.2, 0.25) is 0 Å². The third kappa shape index (κ3) is 3.51. The molecule has 0 radical (unpaired) electrons. The predicted octanol–water partition coefficient (Wildman–Crippen LogP) is 4.29. The van der Waals surface area contributed by atoms with Crippen molar-refractivity contribution < 1.29 is 4.79 Å². The van der Waals surface area contributed by atoms with Gasteiger partial charge >= 0.3 is 0 Å².